The van der Waals surface area contributed by atoms with Gasteiger partial charge in [-0.15, -0.1) is 0 Å². The van der Waals surface area contributed by atoms with E-state index in [0.29, 0.717) is 12.9 Å². The molecule has 0 aliphatic rings. The van der Waals surface area contributed by atoms with Gasteiger partial charge >= 0.3 is 11.7 Å². The van der Waals surface area contributed by atoms with Crippen LogP contribution in [0.5, 0.6) is 6.01 Å². The van der Waals surface area contributed by atoms with Crippen LogP contribution in [0.15, 0.2) is 6.20 Å². The molecule has 1 rings (SSSR count). The maximum atomic E-state index is 10.9. The van der Waals surface area contributed by atoms with Crippen molar-refractivity contribution in [3.8, 4) is 6.01 Å². The smallest absolute Gasteiger partial charge is 0.329 e. The summed E-state index contributed by atoms with van der Waals surface area (Å²) in [6.07, 6.45) is 3.54. The highest BCUT2D eigenvalue weighted by molar-refractivity contribution is 5.64. The molecule has 1 heterocycles. The minimum absolute atomic E-state index is 0.00620. The van der Waals surface area contributed by atoms with E-state index >= 15 is 0 Å². The Hall–Kier alpha value is -2.25. The summed E-state index contributed by atoms with van der Waals surface area (Å²) in [7, 11) is 1.54. The van der Waals surface area contributed by atoms with Gasteiger partial charge in [0, 0.05) is 7.05 Å². The number of carbonyl (C=O) groups is 1. The van der Waals surface area contributed by atoms with Crippen LogP contribution in [-0.2, 0) is 4.79 Å². The zero-order valence-electron chi connectivity index (χ0n) is 10.9. The maximum absolute atomic E-state index is 10.9. The quantitative estimate of drug-likeness (QED) is 0.302. The normalized spacial score (nSPS) is 10.0. The Kier molecular flexibility index (Phi) is 5.65. The van der Waals surface area contributed by atoms with Crippen LogP contribution in [0, 0.1) is 10.1 Å². The summed E-state index contributed by atoms with van der Waals surface area (Å²) in [6.45, 7) is 2.47. The second-order valence-corrected chi connectivity index (χ2v) is 3.87. The molecule has 0 saturated carbocycles. The fourth-order valence-corrected chi connectivity index (χ4v) is 1.34. The zero-order valence-corrected chi connectivity index (χ0v) is 10.9. The molecule has 0 saturated heterocycles. The molecule has 1 aromatic heterocycles. The number of likely N-dealkylation sites (N-methyl/N-ethyl adjacent to an activating group) is 1. The van der Waals surface area contributed by atoms with E-state index in [1.165, 1.54) is 4.90 Å². The molecular formula is C11H16N4O4. The van der Waals surface area contributed by atoms with Crippen molar-refractivity contribution in [2.24, 2.45) is 0 Å². The lowest BCUT2D eigenvalue weighted by molar-refractivity contribution is -0.384. The number of hydrogen-bond donors (Lipinski definition) is 0. The van der Waals surface area contributed by atoms with E-state index in [2.05, 4.69) is 9.97 Å². The van der Waals surface area contributed by atoms with E-state index in [4.69, 9.17) is 4.74 Å². The number of anilines is 1. The fourth-order valence-electron chi connectivity index (χ4n) is 1.34. The predicted octanol–water partition coefficient (Wildman–Crippen LogP) is 1.20. The summed E-state index contributed by atoms with van der Waals surface area (Å²) in [5.74, 6) is 0.0681. The third-order valence-corrected chi connectivity index (χ3v) is 2.36. The van der Waals surface area contributed by atoms with Crippen LogP contribution in [-0.4, -0.2) is 41.4 Å². The van der Waals surface area contributed by atoms with Crippen LogP contribution in [0.3, 0.4) is 0 Å². The lowest BCUT2D eigenvalue weighted by atomic mass is 10.4. The molecule has 1 aromatic rings. The van der Waals surface area contributed by atoms with Crippen LogP contribution in [0.25, 0.3) is 0 Å². The SMILES string of the molecule is CCCCOc1ncc([N+](=O)[O-])c(N(C)CC=O)n1. The highest BCUT2D eigenvalue weighted by atomic mass is 16.6. The van der Waals surface area contributed by atoms with Crippen molar-refractivity contribution in [3.05, 3.63) is 16.3 Å². The van der Waals surface area contributed by atoms with Gasteiger partial charge in [-0.1, -0.05) is 13.3 Å². The lowest BCUT2D eigenvalue weighted by Crippen LogP contribution is -2.22. The van der Waals surface area contributed by atoms with Crippen molar-refractivity contribution in [2.45, 2.75) is 19.8 Å². The third kappa shape index (κ3) is 4.16. The predicted molar refractivity (Wildman–Crippen MR) is 68.4 cm³/mol. The summed E-state index contributed by atoms with van der Waals surface area (Å²) in [5, 5.41) is 10.9. The second-order valence-electron chi connectivity index (χ2n) is 3.87. The van der Waals surface area contributed by atoms with Gasteiger partial charge in [0.05, 0.1) is 18.1 Å². The van der Waals surface area contributed by atoms with Crippen molar-refractivity contribution in [3.63, 3.8) is 0 Å². The van der Waals surface area contributed by atoms with Crippen LogP contribution in [0.2, 0.25) is 0 Å². The third-order valence-electron chi connectivity index (χ3n) is 2.36. The number of unbranched alkanes of at least 4 members (excludes halogenated alkanes) is 1. The largest absolute Gasteiger partial charge is 0.463 e. The molecule has 0 fully saturated rings. The Labute approximate surface area is 110 Å². The summed E-state index contributed by atoms with van der Waals surface area (Å²) in [6, 6.07) is 0.0757. The number of nitrogens with zero attached hydrogens (tertiary/aromatic N) is 4. The topological polar surface area (TPSA) is 98.5 Å². The molecule has 19 heavy (non-hydrogen) atoms. The van der Waals surface area contributed by atoms with E-state index in [1.807, 2.05) is 6.92 Å². The lowest BCUT2D eigenvalue weighted by Gasteiger charge is -2.15. The first-order valence-electron chi connectivity index (χ1n) is 5.89. The van der Waals surface area contributed by atoms with Crippen LogP contribution in [0.1, 0.15) is 19.8 Å². The van der Waals surface area contributed by atoms with E-state index in [1.54, 1.807) is 7.05 Å². The molecule has 0 atom stereocenters. The Morgan fingerprint density at radius 2 is 2.32 bits per heavy atom. The average molecular weight is 268 g/mol. The molecule has 0 N–H and O–H groups in total. The molecule has 0 aliphatic carbocycles. The summed E-state index contributed by atoms with van der Waals surface area (Å²) < 4.78 is 5.29. The number of nitro groups is 1. The van der Waals surface area contributed by atoms with E-state index in [-0.39, 0.29) is 24.1 Å². The van der Waals surface area contributed by atoms with Crippen LogP contribution in [0.4, 0.5) is 11.5 Å². The summed E-state index contributed by atoms with van der Waals surface area (Å²) in [5.41, 5.74) is -0.257. The van der Waals surface area contributed by atoms with Crippen LogP contribution < -0.4 is 9.64 Å². The van der Waals surface area contributed by atoms with Gasteiger partial charge in [-0.05, 0) is 6.42 Å². The molecule has 8 heteroatoms. The van der Waals surface area contributed by atoms with E-state index in [0.717, 1.165) is 19.0 Å². The monoisotopic (exact) mass is 268 g/mol. The molecule has 0 aromatic carbocycles. The number of aldehydes is 1. The van der Waals surface area contributed by atoms with E-state index in [9.17, 15) is 14.9 Å². The Balaban J connectivity index is 2.97. The summed E-state index contributed by atoms with van der Waals surface area (Å²) in [4.78, 5) is 29.9. The van der Waals surface area contributed by atoms with Crippen molar-refractivity contribution in [2.75, 3.05) is 25.1 Å². The first-order chi connectivity index (χ1) is 9.10. The number of rotatable bonds is 8. The van der Waals surface area contributed by atoms with Gasteiger partial charge < -0.3 is 14.4 Å². The highest BCUT2D eigenvalue weighted by Crippen LogP contribution is 2.25. The number of carbonyl (C=O) groups excluding carboxylic acids is 1. The minimum Gasteiger partial charge on any atom is -0.463 e. The number of ether oxygens (including phenoxy) is 1. The fraction of sp³-hybridized carbons (Fsp3) is 0.545. The first kappa shape index (κ1) is 14.8. The Morgan fingerprint density at radius 1 is 1.58 bits per heavy atom. The molecule has 0 aliphatic heterocycles. The van der Waals surface area contributed by atoms with Crippen LogP contribution >= 0.6 is 0 Å². The molecule has 0 amide bonds. The molecule has 8 nitrogen and oxygen atoms in total. The van der Waals surface area contributed by atoms with Crippen molar-refractivity contribution >= 4 is 17.8 Å². The van der Waals surface area contributed by atoms with Gasteiger partial charge in [0.25, 0.3) is 0 Å². The molecule has 104 valence electrons. The van der Waals surface area contributed by atoms with Gasteiger partial charge in [-0.2, -0.15) is 9.97 Å². The number of aromatic nitrogens is 2. The van der Waals surface area contributed by atoms with Gasteiger partial charge in [0.2, 0.25) is 5.82 Å². The molecular weight excluding hydrogens is 252 g/mol. The summed E-state index contributed by atoms with van der Waals surface area (Å²) >= 11 is 0. The number of hydrogen-bond acceptors (Lipinski definition) is 7. The van der Waals surface area contributed by atoms with Gasteiger partial charge in [0.15, 0.2) is 0 Å². The first-order valence-corrected chi connectivity index (χ1v) is 5.89. The van der Waals surface area contributed by atoms with Gasteiger partial charge in [0.1, 0.15) is 12.5 Å². The van der Waals surface area contributed by atoms with Crippen molar-refractivity contribution in [1.29, 1.82) is 0 Å². The zero-order chi connectivity index (χ0) is 14.3. The molecule has 0 spiro atoms. The minimum atomic E-state index is -0.591. The van der Waals surface area contributed by atoms with E-state index < -0.39 is 4.92 Å². The molecule has 0 radical (unpaired) electrons. The van der Waals surface area contributed by atoms with Gasteiger partial charge in [-0.25, -0.2) is 0 Å². The maximum Gasteiger partial charge on any atom is 0.329 e. The van der Waals surface area contributed by atoms with Gasteiger partial charge in [-0.3, -0.25) is 10.1 Å². The van der Waals surface area contributed by atoms with Crippen molar-refractivity contribution in [1.82, 2.24) is 9.97 Å². The Morgan fingerprint density at radius 3 is 2.89 bits per heavy atom. The highest BCUT2D eigenvalue weighted by Gasteiger charge is 2.21. The standard InChI is InChI=1S/C11H16N4O4/c1-3-4-7-19-11-12-8-9(15(17)18)10(13-11)14(2)5-6-16/h6,8H,3-5,7H2,1-2H3. The molecule has 0 unspecified atom stereocenters. The molecule has 0 bridgehead atoms. The second kappa shape index (κ2) is 7.24. The Bertz CT molecular complexity index is 452. The average Bonchev–Trinajstić information content (AvgIpc) is 2.39. The van der Waals surface area contributed by atoms with Crippen molar-refractivity contribution < 1.29 is 14.5 Å².